The van der Waals surface area contributed by atoms with Gasteiger partial charge in [-0.3, -0.25) is 9.59 Å². The Balaban J connectivity index is 2.36. The molecule has 2 heterocycles. The molecule has 0 aliphatic carbocycles. The first-order valence-corrected chi connectivity index (χ1v) is 13.6. The van der Waals surface area contributed by atoms with Crippen LogP contribution in [0.3, 0.4) is 0 Å². The number of aliphatic hydroxyl groups excluding tert-OH is 2. The molecule has 0 fully saturated rings. The molecule has 0 amide bonds. The van der Waals surface area contributed by atoms with E-state index in [0.29, 0.717) is 12.8 Å². The molecule has 2 N–H and O–H groups in total. The van der Waals surface area contributed by atoms with Crippen molar-refractivity contribution in [3.05, 3.63) is 33.3 Å². The van der Waals surface area contributed by atoms with E-state index in [2.05, 4.69) is 4.98 Å². The lowest BCUT2D eigenvalue weighted by atomic mass is 9.73. The van der Waals surface area contributed by atoms with E-state index in [1.165, 1.54) is 11.3 Å². The van der Waals surface area contributed by atoms with Crippen molar-refractivity contribution < 1.29 is 28.9 Å². The van der Waals surface area contributed by atoms with Gasteiger partial charge in [0.05, 0.1) is 34.7 Å². The first-order chi connectivity index (χ1) is 16.7. The van der Waals surface area contributed by atoms with E-state index in [0.717, 1.165) is 21.8 Å². The van der Waals surface area contributed by atoms with Gasteiger partial charge in [0, 0.05) is 17.7 Å². The average Bonchev–Trinajstić information content (AvgIpc) is 3.21. The second kappa shape index (κ2) is 13.1. The van der Waals surface area contributed by atoms with Crippen LogP contribution in [0.5, 0.6) is 0 Å². The van der Waals surface area contributed by atoms with Crippen LogP contribution in [-0.4, -0.2) is 51.4 Å². The number of aromatic nitrogens is 1. The number of rotatable bonds is 2. The van der Waals surface area contributed by atoms with Gasteiger partial charge < -0.3 is 14.9 Å². The maximum atomic E-state index is 14.7. The molecule has 8 heteroatoms. The number of ether oxygens (including phenoxy) is 1. The number of halogens is 1. The fourth-order valence-corrected chi connectivity index (χ4v) is 5.15. The quantitative estimate of drug-likeness (QED) is 0.387. The lowest BCUT2D eigenvalue weighted by Crippen LogP contribution is -2.45. The molecule has 6 nitrogen and oxygen atoms in total. The summed E-state index contributed by atoms with van der Waals surface area (Å²) in [7, 11) is 0. The number of alkyl halides is 1. The third kappa shape index (κ3) is 8.32. The number of Topliss-reactive ketones (excluding diaryl/α,β-unsaturated/α-hetero) is 1. The molecule has 0 spiro atoms. The Morgan fingerprint density at radius 1 is 1.19 bits per heavy atom. The normalized spacial score (nSPS) is 33.4. The maximum Gasteiger partial charge on any atom is 0.309 e. The molecule has 1 aliphatic rings. The highest BCUT2D eigenvalue weighted by molar-refractivity contribution is 7.09. The van der Waals surface area contributed by atoms with Crippen LogP contribution >= 0.6 is 11.3 Å². The smallest absolute Gasteiger partial charge is 0.309 e. The van der Waals surface area contributed by atoms with Crippen LogP contribution in [0.4, 0.5) is 4.39 Å². The van der Waals surface area contributed by atoms with Crippen LogP contribution in [0, 0.1) is 24.2 Å². The molecule has 1 aromatic heterocycles. The molecular weight excluding hydrogens is 481 g/mol. The number of hydrogen-bond donors (Lipinski definition) is 2. The average molecular weight is 524 g/mol. The Bertz CT molecular complexity index is 969. The second-order valence-corrected chi connectivity index (χ2v) is 11.9. The van der Waals surface area contributed by atoms with E-state index >= 15 is 0 Å². The fourth-order valence-electron chi connectivity index (χ4n) is 4.58. The number of thiazole rings is 1. The SMILES string of the molecule is C/C1=C/C[C@@H](/C(C)=C/c2csc(C)n2)OC(=O)C[C@H](O)C(C)(C)C(=O)[C@H](C)[C@@H](O)[C@@H](C)CCC(F)C1. The molecule has 0 bridgehead atoms. The number of aliphatic hydroxyl groups is 2. The molecule has 202 valence electrons. The van der Waals surface area contributed by atoms with Crippen LogP contribution < -0.4 is 0 Å². The summed E-state index contributed by atoms with van der Waals surface area (Å²) >= 11 is 1.52. The van der Waals surface area contributed by atoms with E-state index < -0.39 is 41.8 Å². The highest BCUT2D eigenvalue weighted by Gasteiger charge is 2.42. The van der Waals surface area contributed by atoms with Gasteiger partial charge in [0.25, 0.3) is 0 Å². The van der Waals surface area contributed by atoms with Gasteiger partial charge in [-0.25, -0.2) is 9.37 Å². The van der Waals surface area contributed by atoms with Crippen molar-refractivity contribution in [1.29, 1.82) is 0 Å². The molecule has 1 aromatic rings. The summed E-state index contributed by atoms with van der Waals surface area (Å²) in [6.07, 6.45) is 0.770. The predicted octanol–water partition coefficient (Wildman–Crippen LogP) is 5.60. The van der Waals surface area contributed by atoms with Crippen molar-refractivity contribution in [3.63, 3.8) is 0 Å². The Labute approximate surface area is 218 Å². The van der Waals surface area contributed by atoms with Crippen molar-refractivity contribution >= 4 is 29.2 Å². The summed E-state index contributed by atoms with van der Waals surface area (Å²) in [5, 5.41) is 24.5. The minimum atomic E-state index is -1.28. The summed E-state index contributed by atoms with van der Waals surface area (Å²) in [4.78, 5) is 30.5. The number of allylic oxidation sites excluding steroid dienone is 1. The van der Waals surface area contributed by atoms with E-state index in [1.807, 2.05) is 45.2 Å². The Morgan fingerprint density at radius 2 is 1.86 bits per heavy atom. The standard InChI is InChI=1S/C28H42FNO5S/c1-16-8-11-23(18(3)13-22-15-36-20(5)30-22)35-25(32)14-24(31)28(6,7)27(34)19(4)26(33)17(2)9-10-21(29)12-16/h8,13,15,17,19,21,23-24,26,31,33H,9-12,14H2,1-7H3/b16-8-,18-13+/t17-,19+,21?,23-,24-,26-/m0/s1. The second-order valence-electron chi connectivity index (χ2n) is 10.9. The largest absolute Gasteiger partial charge is 0.457 e. The Kier molecular flexibility index (Phi) is 11.0. The molecule has 6 atom stereocenters. The summed E-state index contributed by atoms with van der Waals surface area (Å²) in [5.74, 6) is -2.02. The van der Waals surface area contributed by atoms with E-state index in [4.69, 9.17) is 4.74 Å². The van der Waals surface area contributed by atoms with E-state index in [1.54, 1.807) is 20.8 Å². The summed E-state index contributed by atoms with van der Waals surface area (Å²) in [5.41, 5.74) is 1.13. The van der Waals surface area contributed by atoms with Crippen molar-refractivity contribution in [1.82, 2.24) is 4.98 Å². The van der Waals surface area contributed by atoms with Crippen LogP contribution in [0.15, 0.2) is 22.6 Å². The Hall–Kier alpha value is -1.90. The van der Waals surface area contributed by atoms with Crippen LogP contribution in [0.25, 0.3) is 6.08 Å². The number of carbonyl (C=O) groups is 2. The number of carbonyl (C=O) groups excluding carboxylic acids is 2. The number of ketones is 1. The lowest BCUT2D eigenvalue weighted by Gasteiger charge is -2.34. The van der Waals surface area contributed by atoms with Crippen LogP contribution in [0.1, 0.15) is 84.3 Å². The number of hydrogen-bond acceptors (Lipinski definition) is 7. The minimum Gasteiger partial charge on any atom is -0.457 e. The van der Waals surface area contributed by atoms with Crippen molar-refractivity contribution in [2.45, 2.75) is 105 Å². The number of cyclic esters (lactones) is 1. The lowest BCUT2D eigenvalue weighted by molar-refractivity contribution is -0.154. The third-order valence-electron chi connectivity index (χ3n) is 7.29. The maximum absolute atomic E-state index is 14.7. The molecule has 0 saturated heterocycles. The third-order valence-corrected chi connectivity index (χ3v) is 8.08. The van der Waals surface area contributed by atoms with E-state index in [9.17, 15) is 24.2 Å². The van der Waals surface area contributed by atoms with Crippen LogP contribution in [0.2, 0.25) is 0 Å². The predicted molar refractivity (Wildman–Crippen MR) is 141 cm³/mol. The van der Waals surface area contributed by atoms with Gasteiger partial charge in [-0.05, 0) is 57.6 Å². The summed E-state index contributed by atoms with van der Waals surface area (Å²) < 4.78 is 20.5. The number of aryl methyl sites for hydroxylation is 1. The van der Waals surface area contributed by atoms with Gasteiger partial charge in [0.2, 0.25) is 0 Å². The molecule has 1 aliphatic heterocycles. The zero-order valence-corrected chi connectivity index (χ0v) is 23.4. The van der Waals surface area contributed by atoms with Crippen LogP contribution in [-0.2, 0) is 14.3 Å². The van der Waals surface area contributed by atoms with Gasteiger partial charge in [-0.15, -0.1) is 11.3 Å². The summed E-state index contributed by atoms with van der Waals surface area (Å²) in [6.45, 7) is 12.2. The zero-order chi connectivity index (χ0) is 27.2. The number of esters is 1. The highest BCUT2D eigenvalue weighted by Crippen LogP contribution is 2.32. The van der Waals surface area contributed by atoms with Crippen molar-refractivity contribution in [2.24, 2.45) is 17.3 Å². The minimum absolute atomic E-state index is 0.248. The van der Waals surface area contributed by atoms with Crippen molar-refractivity contribution in [3.8, 4) is 0 Å². The van der Waals surface area contributed by atoms with Gasteiger partial charge in [-0.2, -0.15) is 0 Å². The zero-order valence-electron chi connectivity index (χ0n) is 22.6. The molecule has 1 unspecified atom stereocenters. The van der Waals surface area contributed by atoms with E-state index in [-0.39, 0.29) is 31.0 Å². The molecule has 0 aromatic carbocycles. The van der Waals surface area contributed by atoms with Gasteiger partial charge in [-0.1, -0.05) is 39.3 Å². The first-order valence-electron chi connectivity index (χ1n) is 12.7. The summed E-state index contributed by atoms with van der Waals surface area (Å²) in [6, 6.07) is 0. The topological polar surface area (TPSA) is 96.7 Å². The first kappa shape index (κ1) is 30.3. The van der Waals surface area contributed by atoms with Gasteiger partial charge in [0.1, 0.15) is 18.1 Å². The van der Waals surface area contributed by atoms with Gasteiger partial charge >= 0.3 is 5.97 Å². The molecule has 2 rings (SSSR count). The Morgan fingerprint density at radius 3 is 2.47 bits per heavy atom. The molecule has 0 saturated carbocycles. The molecule has 0 radical (unpaired) electrons. The highest BCUT2D eigenvalue weighted by atomic mass is 32.1. The monoisotopic (exact) mass is 523 g/mol. The molecule has 36 heavy (non-hydrogen) atoms. The molecular formula is C28H42FNO5S. The van der Waals surface area contributed by atoms with Crippen molar-refractivity contribution in [2.75, 3.05) is 0 Å². The fraction of sp³-hybridized carbons (Fsp3) is 0.679. The van der Waals surface area contributed by atoms with Gasteiger partial charge in [0.15, 0.2) is 0 Å². The number of nitrogens with zero attached hydrogens (tertiary/aromatic N) is 1.